The largest absolute Gasteiger partial charge is 0.573 e. The molecule has 1 aliphatic heterocycles. The van der Waals surface area contributed by atoms with Crippen molar-refractivity contribution in [2.24, 2.45) is 4.99 Å². The highest BCUT2D eigenvalue weighted by atomic mass is 32.2. The fourth-order valence-electron chi connectivity index (χ4n) is 3.86. The predicted molar refractivity (Wildman–Crippen MR) is 157 cm³/mol. The Balaban J connectivity index is 1.22. The molecule has 0 radical (unpaired) electrons. The summed E-state index contributed by atoms with van der Waals surface area (Å²) in [5.41, 5.74) is 2.48. The number of amides is 2. The minimum absolute atomic E-state index is 0.198. The van der Waals surface area contributed by atoms with E-state index >= 15 is 0 Å². The number of nitrogens with one attached hydrogen (secondary N) is 1. The van der Waals surface area contributed by atoms with Crippen LogP contribution in [0.2, 0.25) is 0 Å². The molecule has 1 N–H and O–H groups in total. The number of rotatable bonds is 8. The minimum Gasteiger partial charge on any atom is -0.484 e. The van der Waals surface area contributed by atoms with Crippen LogP contribution in [0, 0.1) is 0 Å². The Hall–Kier alpha value is -5.03. The van der Waals surface area contributed by atoms with E-state index < -0.39 is 18.0 Å². The van der Waals surface area contributed by atoms with Gasteiger partial charge in [0, 0.05) is 5.69 Å². The number of halogens is 3. The monoisotopic (exact) mass is 589 g/mol. The predicted octanol–water partition coefficient (Wildman–Crippen LogP) is 7.41. The lowest BCUT2D eigenvalue weighted by molar-refractivity contribution is -0.274. The molecule has 0 aromatic heterocycles. The Kier molecular flexibility index (Phi) is 8.58. The van der Waals surface area contributed by atoms with E-state index in [1.165, 1.54) is 23.9 Å². The molecule has 1 fully saturated rings. The fourth-order valence-corrected chi connectivity index (χ4v) is 4.86. The van der Waals surface area contributed by atoms with Crippen molar-refractivity contribution >= 4 is 51.9 Å². The van der Waals surface area contributed by atoms with Gasteiger partial charge in [0.05, 0.1) is 16.3 Å². The van der Waals surface area contributed by atoms with Gasteiger partial charge >= 0.3 is 6.36 Å². The quantitative estimate of drug-likeness (QED) is 0.217. The molecule has 0 aliphatic carbocycles. The summed E-state index contributed by atoms with van der Waals surface area (Å²) in [7, 11) is 0. The molecule has 1 aliphatic rings. The second-order valence-electron chi connectivity index (χ2n) is 8.79. The lowest BCUT2D eigenvalue weighted by Crippen LogP contribution is -2.28. The molecule has 0 bridgehead atoms. The van der Waals surface area contributed by atoms with Gasteiger partial charge in [0.15, 0.2) is 11.8 Å². The van der Waals surface area contributed by atoms with Gasteiger partial charge in [0.25, 0.3) is 11.8 Å². The van der Waals surface area contributed by atoms with Crippen molar-refractivity contribution in [3.63, 3.8) is 0 Å². The summed E-state index contributed by atoms with van der Waals surface area (Å²) in [5, 5.41) is 3.08. The zero-order valence-corrected chi connectivity index (χ0v) is 22.6. The van der Waals surface area contributed by atoms with Crippen LogP contribution in [0.15, 0.2) is 119 Å². The molecule has 4 aromatic rings. The van der Waals surface area contributed by atoms with Gasteiger partial charge in [-0.1, -0.05) is 48.5 Å². The molecule has 7 nitrogen and oxygen atoms in total. The highest BCUT2D eigenvalue weighted by Crippen LogP contribution is 2.37. The minimum atomic E-state index is -4.79. The average Bonchev–Trinajstić information content (AvgIpc) is 3.27. The molecular weight excluding hydrogens is 567 g/mol. The third kappa shape index (κ3) is 7.58. The molecule has 0 atom stereocenters. The number of carbonyl (C=O) groups excluding carboxylic acids is 2. The van der Waals surface area contributed by atoms with Crippen LogP contribution >= 0.6 is 11.8 Å². The Morgan fingerprint density at radius 1 is 0.857 bits per heavy atom. The van der Waals surface area contributed by atoms with Crippen molar-refractivity contribution in [3.05, 3.63) is 120 Å². The van der Waals surface area contributed by atoms with Crippen LogP contribution in [-0.4, -0.2) is 30.0 Å². The summed E-state index contributed by atoms with van der Waals surface area (Å²) >= 11 is 1.27. The van der Waals surface area contributed by atoms with Gasteiger partial charge < -0.3 is 14.8 Å². The number of thioether (sulfide) groups is 1. The summed E-state index contributed by atoms with van der Waals surface area (Å²) in [6, 6.07) is 30.3. The smallest absolute Gasteiger partial charge is 0.484 e. The molecule has 1 saturated heterocycles. The maximum atomic E-state index is 13.4. The topological polar surface area (TPSA) is 80.2 Å². The second-order valence-corrected chi connectivity index (χ2v) is 9.80. The van der Waals surface area contributed by atoms with Crippen LogP contribution in [0.1, 0.15) is 5.56 Å². The average molecular weight is 590 g/mol. The molecule has 212 valence electrons. The van der Waals surface area contributed by atoms with Crippen LogP contribution < -0.4 is 19.7 Å². The first-order valence-corrected chi connectivity index (χ1v) is 13.4. The van der Waals surface area contributed by atoms with E-state index in [1.807, 2.05) is 60.7 Å². The van der Waals surface area contributed by atoms with E-state index in [4.69, 9.17) is 9.73 Å². The van der Waals surface area contributed by atoms with Gasteiger partial charge in [-0.05, 0) is 84.1 Å². The van der Waals surface area contributed by atoms with Crippen LogP contribution in [0.25, 0.3) is 6.08 Å². The maximum absolute atomic E-state index is 13.4. The molecule has 1 heterocycles. The van der Waals surface area contributed by atoms with Crippen molar-refractivity contribution in [1.82, 2.24) is 0 Å². The summed E-state index contributed by atoms with van der Waals surface area (Å²) < 4.78 is 46.2. The summed E-state index contributed by atoms with van der Waals surface area (Å²) in [6.07, 6.45) is -3.03. The SMILES string of the molecule is O=C(COc1ccc(C=C2SC(=Nc3ccccc3)N(c3ccccc3)C2=O)cc1)Nc1ccc(OC(F)(F)F)cc1. The summed E-state index contributed by atoms with van der Waals surface area (Å²) in [6.45, 7) is -0.319. The fraction of sp³-hybridized carbons (Fsp3) is 0.0645. The lowest BCUT2D eigenvalue weighted by atomic mass is 10.2. The number of alkyl halides is 3. The van der Waals surface area contributed by atoms with Crippen molar-refractivity contribution in [2.75, 3.05) is 16.8 Å². The van der Waals surface area contributed by atoms with Gasteiger partial charge in [0.2, 0.25) is 0 Å². The first kappa shape index (κ1) is 28.5. The Morgan fingerprint density at radius 2 is 1.48 bits per heavy atom. The molecule has 5 rings (SSSR count). The number of hydrogen-bond donors (Lipinski definition) is 1. The number of hydrogen-bond acceptors (Lipinski definition) is 6. The second kappa shape index (κ2) is 12.6. The Morgan fingerprint density at radius 3 is 2.12 bits per heavy atom. The molecule has 0 spiro atoms. The maximum Gasteiger partial charge on any atom is 0.573 e. The Bertz CT molecular complexity index is 1610. The van der Waals surface area contributed by atoms with Gasteiger partial charge in [-0.25, -0.2) is 4.99 Å². The molecule has 11 heteroatoms. The highest BCUT2D eigenvalue weighted by molar-refractivity contribution is 8.19. The van der Waals surface area contributed by atoms with Crippen LogP contribution in [0.4, 0.5) is 30.2 Å². The van der Waals surface area contributed by atoms with E-state index in [1.54, 1.807) is 35.2 Å². The van der Waals surface area contributed by atoms with Gasteiger partial charge in [-0.2, -0.15) is 0 Å². The Labute approximate surface area is 243 Å². The van der Waals surface area contributed by atoms with Crippen molar-refractivity contribution in [1.29, 1.82) is 0 Å². The van der Waals surface area contributed by atoms with Gasteiger partial charge in [-0.15, -0.1) is 13.2 Å². The van der Waals surface area contributed by atoms with Crippen molar-refractivity contribution in [3.8, 4) is 11.5 Å². The van der Waals surface area contributed by atoms with Crippen LogP contribution in [0.3, 0.4) is 0 Å². The molecular formula is C31H22F3N3O4S. The zero-order chi connectivity index (χ0) is 29.5. The molecule has 0 unspecified atom stereocenters. The van der Waals surface area contributed by atoms with Crippen LogP contribution in [-0.2, 0) is 9.59 Å². The summed E-state index contributed by atoms with van der Waals surface area (Å²) in [5.74, 6) is -0.665. The van der Waals surface area contributed by atoms with Gasteiger partial charge in [0.1, 0.15) is 11.5 Å². The van der Waals surface area contributed by atoms with E-state index in [-0.39, 0.29) is 12.5 Å². The number of para-hydroxylation sites is 2. The zero-order valence-electron chi connectivity index (χ0n) is 21.7. The number of anilines is 2. The third-order valence-electron chi connectivity index (χ3n) is 5.72. The van der Waals surface area contributed by atoms with E-state index in [0.717, 1.165) is 23.4 Å². The standard InChI is InChI=1S/C31H22F3N3O4S/c32-31(33,34)41-26-17-13-23(14-18-26)35-28(38)20-40-25-15-11-21(12-16-25)19-27-29(39)37(24-9-5-2-6-10-24)30(42-27)36-22-7-3-1-4-8-22/h1-19H,20H2,(H,35,38). The van der Waals surface area contributed by atoms with E-state index in [2.05, 4.69) is 10.1 Å². The summed E-state index contributed by atoms with van der Waals surface area (Å²) in [4.78, 5) is 32.4. The number of ether oxygens (including phenoxy) is 2. The number of amidine groups is 1. The number of carbonyl (C=O) groups is 2. The van der Waals surface area contributed by atoms with Crippen molar-refractivity contribution in [2.45, 2.75) is 6.36 Å². The van der Waals surface area contributed by atoms with E-state index in [0.29, 0.717) is 27.2 Å². The van der Waals surface area contributed by atoms with E-state index in [9.17, 15) is 22.8 Å². The molecule has 0 saturated carbocycles. The first-order chi connectivity index (χ1) is 20.2. The third-order valence-corrected chi connectivity index (χ3v) is 6.69. The number of aliphatic imine (C=N–C) groups is 1. The van der Waals surface area contributed by atoms with Gasteiger partial charge in [-0.3, -0.25) is 14.5 Å². The normalized spacial score (nSPS) is 15.2. The lowest BCUT2D eigenvalue weighted by Gasteiger charge is -2.15. The number of nitrogens with zero attached hydrogens (tertiary/aromatic N) is 2. The van der Waals surface area contributed by atoms with Crippen molar-refractivity contribution < 1.29 is 32.2 Å². The first-order valence-electron chi connectivity index (χ1n) is 12.5. The molecule has 4 aromatic carbocycles. The van der Waals surface area contributed by atoms with Crippen LogP contribution in [0.5, 0.6) is 11.5 Å². The highest BCUT2D eigenvalue weighted by Gasteiger charge is 2.34. The molecule has 2 amide bonds. The molecule has 42 heavy (non-hydrogen) atoms. The number of benzene rings is 4.